The van der Waals surface area contributed by atoms with Gasteiger partial charge in [0.1, 0.15) is 16.7 Å². The van der Waals surface area contributed by atoms with Crippen molar-refractivity contribution in [3.63, 3.8) is 0 Å². The molecule has 0 radical (unpaired) electrons. The molecular weight excluding hydrogens is 291 g/mol. The second kappa shape index (κ2) is 5.22. The van der Waals surface area contributed by atoms with Crippen molar-refractivity contribution in [3.8, 4) is 11.3 Å². The van der Waals surface area contributed by atoms with Crippen molar-refractivity contribution in [2.45, 2.75) is 0 Å². The Morgan fingerprint density at radius 1 is 1.35 bits per heavy atom. The van der Waals surface area contributed by atoms with Gasteiger partial charge in [0.05, 0.1) is 10.5 Å². The van der Waals surface area contributed by atoms with Gasteiger partial charge in [-0.15, -0.1) is 0 Å². The molecule has 0 aliphatic carbocycles. The molecule has 0 saturated heterocycles. The summed E-state index contributed by atoms with van der Waals surface area (Å²) >= 11 is 5.67. The van der Waals surface area contributed by atoms with Gasteiger partial charge in [-0.05, 0) is 24.3 Å². The van der Waals surface area contributed by atoms with E-state index in [2.05, 4.69) is 4.98 Å². The predicted molar refractivity (Wildman–Crippen MR) is 68.3 cm³/mol. The summed E-state index contributed by atoms with van der Waals surface area (Å²) in [7, 11) is 0. The summed E-state index contributed by atoms with van der Waals surface area (Å²) in [5.74, 6) is -2.19. The number of hydrogen-bond acceptors (Lipinski definition) is 4. The molecule has 0 saturated carbocycles. The number of aromatic carboxylic acids is 1. The quantitative estimate of drug-likeness (QED) is 0.533. The molecule has 1 aromatic carbocycles. The van der Waals surface area contributed by atoms with E-state index in [1.165, 1.54) is 6.07 Å². The summed E-state index contributed by atoms with van der Waals surface area (Å²) in [6.07, 6.45) is 0. The zero-order valence-corrected chi connectivity index (χ0v) is 10.5. The molecule has 0 spiro atoms. The van der Waals surface area contributed by atoms with Crippen LogP contribution in [-0.4, -0.2) is 21.0 Å². The number of rotatable bonds is 3. The number of halogens is 2. The van der Waals surface area contributed by atoms with Gasteiger partial charge in [-0.3, -0.25) is 10.1 Å². The van der Waals surface area contributed by atoms with E-state index >= 15 is 0 Å². The van der Waals surface area contributed by atoms with E-state index in [1.807, 2.05) is 0 Å². The minimum absolute atomic E-state index is 0.0215. The lowest BCUT2D eigenvalue weighted by molar-refractivity contribution is -0.384. The molecule has 1 heterocycles. The van der Waals surface area contributed by atoms with E-state index in [0.717, 1.165) is 24.3 Å². The second-order valence-electron chi connectivity index (χ2n) is 3.79. The van der Waals surface area contributed by atoms with E-state index in [4.69, 9.17) is 16.7 Å². The highest BCUT2D eigenvalue weighted by Gasteiger charge is 2.19. The lowest BCUT2D eigenvalue weighted by Gasteiger charge is -2.05. The number of benzene rings is 1. The van der Waals surface area contributed by atoms with Gasteiger partial charge in [-0.2, -0.15) is 0 Å². The zero-order chi connectivity index (χ0) is 14.9. The van der Waals surface area contributed by atoms with Crippen molar-refractivity contribution in [1.82, 2.24) is 4.98 Å². The Morgan fingerprint density at radius 2 is 2.05 bits per heavy atom. The minimum Gasteiger partial charge on any atom is -0.478 e. The molecule has 0 aliphatic rings. The molecule has 0 bridgehead atoms. The van der Waals surface area contributed by atoms with Crippen molar-refractivity contribution in [2.75, 3.05) is 0 Å². The molecule has 0 amide bonds. The van der Waals surface area contributed by atoms with Gasteiger partial charge in [-0.1, -0.05) is 11.6 Å². The van der Waals surface area contributed by atoms with Gasteiger partial charge >= 0.3 is 5.97 Å². The topological polar surface area (TPSA) is 93.3 Å². The summed E-state index contributed by atoms with van der Waals surface area (Å²) in [6, 6.07) is 5.20. The molecule has 8 heteroatoms. The first-order valence-corrected chi connectivity index (χ1v) is 5.61. The molecule has 102 valence electrons. The zero-order valence-electron chi connectivity index (χ0n) is 9.71. The predicted octanol–water partition coefficient (Wildman–Crippen LogP) is 3.15. The molecule has 0 atom stereocenters. The fourth-order valence-corrected chi connectivity index (χ4v) is 1.79. The molecule has 20 heavy (non-hydrogen) atoms. The molecule has 6 nitrogen and oxygen atoms in total. The third kappa shape index (κ3) is 2.72. The SMILES string of the molecule is O=C(O)c1cc(F)cc(-c2nc(Cl)ccc2[N+](=O)[O-])c1. The summed E-state index contributed by atoms with van der Waals surface area (Å²) in [5, 5.41) is 19.8. The van der Waals surface area contributed by atoms with Crippen LogP contribution in [-0.2, 0) is 0 Å². The fraction of sp³-hybridized carbons (Fsp3) is 0. The lowest BCUT2D eigenvalue weighted by atomic mass is 10.1. The maximum absolute atomic E-state index is 13.4. The monoisotopic (exact) mass is 296 g/mol. The van der Waals surface area contributed by atoms with Crippen molar-refractivity contribution in [1.29, 1.82) is 0 Å². The maximum Gasteiger partial charge on any atom is 0.335 e. The Hall–Kier alpha value is -2.54. The number of nitro groups is 1. The molecule has 0 fully saturated rings. The van der Waals surface area contributed by atoms with E-state index in [9.17, 15) is 19.3 Å². The van der Waals surface area contributed by atoms with Crippen LogP contribution in [0.4, 0.5) is 10.1 Å². The van der Waals surface area contributed by atoms with Crippen molar-refractivity contribution in [3.05, 3.63) is 57.0 Å². The number of carboxylic acids is 1. The van der Waals surface area contributed by atoms with Crippen LogP contribution < -0.4 is 0 Å². The van der Waals surface area contributed by atoms with Gasteiger partial charge in [0.2, 0.25) is 0 Å². The van der Waals surface area contributed by atoms with E-state index in [-0.39, 0.29) is 22.0 Å². The van der Waals surface area contributed by atoms with Gasteiger partial charge in [0.15, 0.2) is 0 Å². The number of carboxylic acid groups (broad SMARTS) is 1. The van der Waals surface area contributed by atoms with Crippen LogP contribution >= 0.6 is 11.6 Å². The van der Waals surface area contributed by atoms with Crippen molar-refractivity contribution >= 4 is 23.3 Å². The lowest BCUT2D eigenvalue weighted by Crippen LogP contribution is -2.00. The molecule has 1 aromatic heterocycles. The Kier molecular flexibility index (Phi) is 3.62. The van der Waals surface area contributed by atoms with Crippen LogP contribution in [0.25, 0.3) is 11.3 Å². The van der Waals surface area contributed by atoms with Crippen LogP contribution in [0.1, 0.15) is 10.4 Å². The Labute approximate surface area is 116 Å². The normalized spacial score (nSPS) is 10.3. The number of carbonyl (C=O) groups is 1. The Morgan fingerprint density at radius 3 is 2.65 bits per heavy atom. The highest BCUT2D eigenvalue weighted by atomic mass is 35.5. The molecule has 0 unspecified atom stereocenters. The molecule has 1 N–H and O–H groups in total. The number of pyridine rings is 1. The third-order valence-corrected chi connectivity index (χ3v) is 2.67. The smallest absolute Gasteiger partial charge is 0.335 e. The van der Waals surface area contributed by atoms with Crippen LogP contribution in [0, 0.1) is 15.9 Å². The summed E-state index contributed by atoms with van der Waals surface area (Å²) in [5.41, 5.74) is -0.950. The summed E-state index contributed by atoms with van der Waals surface area (Å²) < 4.78 is 13.4. The van der Waals surface area contributed by atoms with Gasteiger partial charge in [-0.25, -0.2) is 14.2 Å². The molecule has 2 rings (SSSR count). The van der Waals surface area contributed by atoms with Crippen LogP contribution in [0.5, 0.6) is 0 Å². The third-order valence-electron chi connectivity index (χ3n) is 2.45. The fourth-order valence-electron chi connectivity index (χ4n) is 1.64. The largest absolute Gasteiger partial charge is 0.478 e. The standard InChI is InChI=1S/C12H6ClFN2O4/c13-10-2-1-9(16(19)20)11(15-10)6-3-7(12(17)18)5-8(14)4-6/h1-5H,(H,17,18). The van der Waals surface area contributed by atoms with Gasteiger partial charge < -0.3 is 5.11 Å². The first-order valence-electron chi connectivity index (χ1n) is 5.23. The Balaban J connectivity index is 2.70. The van der Waals surface area contributed by atoms with Gasteiger partial charge in [0, 0.05) is 11.6 Å². The highest BCUT2D eigenvalue weighted by molar-refractivity contribution is 6.29. The number of nitrogens with zero attached hydrogens (tertiary/aromatic N) is 2. The van der Waals surface area contributed by atoms with Gasteiger partial charge in [0.25, 0.3) is 5.69 Å². The number of hydrogen-bond donors (Lipinski definition) is 1. The summed E-state index contributed by atoms with van der Waals surface area (Å²) in [6.45, 7) is 0. The van der Waals surface area contributed by atoms with E-state index in [0.29, 0.717) is 0 Å². The second-order valence-corrected chi connectivity index (χ2v) is 4.18. The highest BCUT2D eigenvalue weighted by Crippen LogP contribution is 2.30. The van der Waals surface area contributed by atoms with Crippen LogP contribution in [0.3, 0.4) is 0 Å². The van der Waals surface area contributed by atoms with Crippen molar-refractivity contribution in [2.24, 2.45) is 0 Å². The average molecular weight is 297 g/mol. The first kappa shape index (κ1) is 13.9. The molecular formula is C12H6ClFN2O4. The minimum atomic E-state index is -1.35. The van der Waals surface area contributed by atoms with E-state index < -0.39 is 22.4 Å². The maximum atomic E-state index is 13.4. The summed E-state index contributed by atoms with van der Waals surface area (Å²) in [4.78, 5) is 24.9. The van der Waals surface area contributed by atoms with Crippen molar-refractivity contribution < 1.29 is 19.2 Å². The molecule has 2 aromatic rings. The van der Waals surface area contributed by atoms with Crippen LogP contribution in [0.15, 0.2) is 30.3 Å². The molecule has 0 aliphatic heterocycles. The van der Waals surface area contributed by atoms with Crippen LogP contribution in [0.2, 0.25) is 5.15 Å². The first-order chi connectivity index (χ1) is 9.38. The van der Waals surface area contributed by atoms with E-state index in [1.54, 1.807) is 0 Å². The Bertz CT molecular complexity index is 721. The average Bonchev–Trinajstić information content (AvgIpc) is 2.37. The number of aromatic nitrogens is 1.